The number of piperidine rings is 1. The van der Waals surface area contributed by atoms with Crippen molar-refractivity contribution in [1.29, 1.82) is 0 Å². The number of aromatic nitrogens is 2. The van der Waals surface area contributed by atoms with E-state index < -0.39 is 5.82 Å². The number of carbonyl (C=O) groups is 1. The Morgan fingerprint density at radius 2 is 1.87 bits per heavy atom. The highest BCUT2D eigenvalue weighted by Crippen LogP contribution is 2.36. The molecule has 1 aliphatic carbocycles. The van der Waals surface area contributed by atoms with Gasteiger partial charge in [0.25, 0.3) is 5.91 Å². The molecule has 2 aliphatic rings. The predicted octanol–water partition coefficient (Wildman–Crippen LogP) is 5.73. The molecule has 1 amide bonds. The van der Waals surface area contributed by atoms with Gasteiger partial charge in [-0.1, -0.05) is 0 Å². The third-order valence-electron chi connectivity index (χ3n) is 8.95. The summed E-state index contributed by atoms with van der Waals surface area (Å²) in [7, 11) is 1.76. The molecule has 0 radical (unpaired) electrons. The van der Waals surface area contributed by atoms with Gasteiger partial charge in [0.05, 0.1) is 23.0 Å². The molecule has 0 unspecified atom stereocenters. The van der Waals surface area contributed by atoms with Gasteiger partial charge in [0.1, 0.15) is 5.82 Å². The largest absolute Gasteiger partial charge is 0.339 e. The molecule has 0 atom stereocenters. The fraction of sp³-hybridized carbons (Fsp3) is 0.548. The zero-order valence-electron chi connectivity index (χ0n) is 23.1. The van der Waals surface area contributed by atoms with Gasteiger partial charge in [-0.05, 0) is 120 Å². The lowest BCUT2D eigenvalue weighted by Crippen LogP contribution is -2.35. The van der Waals surface area contributed by atoms with Crippen molar-refractivity contribution < 1.29 is 9.18 Å². The first kappa shape index (κ1) is 26.8. The van der Waals surface area contributed by atoms with Crippen molar-refractivity contribution >= 4 is 16.8 Å². The summed E-state index contributed by atoms with van der Waals surface area (Å²) in [4.78, 5) is 22.0. The average Bonchev–Trinajstić information content (AvgIpc) is 3.31. The van der Waals surface area contributed by atoms with Crippen LogP contribution in [-0.4, -0.2) is 64.0 Å². The molecule has 38 heavy (non-hydrogen) atoms. The molecule has 6 nitrogen and oxygen atoms in total. The van der Waals surface area contributed by atoms with Crippen molar-refractivity contribution in [1.82, 2.24) is 19.4 Å². The summed E-state index contributed by atoms with van der Waals surface area (Å²) in [6, 6.07) is 7.01. The van der Waals surface area contributed by atoms with Crippen LogP contribution in [0.15, 0.2) is 42.9 Å². The number of nitrogens with two attached hydrogens (primary N) is 1. The van der Waals surface area contributed by atoms with Crippen LogP contribution < -0.4 is 5.73 Å². The smallest absolute Gasteiger partial charge is 0.256 e. The second-order valence-electron chi connectivity index (χ2n) is 11.7. The van der Waals surface area contributed by atoms with Crippen LogP contribution in [-0.2, 0) is 0 Å². The van der Waals surface area contributed by atoms with Gasteiger partial charge in [0.15, 0.2) is 0 Å². The molecule has 5 rings (SSSR count). The molecule has 1 saturated carbocycles. The maximum absolute atomic E-state index is 14.3. The Bertz CT molecular complexity index is 1250. The highest BCUT2D eigenvalue weighted by Gasteiger charge is 2.27. The minimum absolute atomic E-state index is 0.0122. The second-order valence-corrected chi connectivity index (χ2v) is 11.7. The second kappa shape index (κ2) is 11.5. The van der Waals surface area contributed by atoms with E-state index in [0.29, 0.717) is 23.2 Å². The zero-order chi connectivity index (χ0) is 26.8. The fourth-order valence-corrected chi connectivity index (χ4v) is 6.25. The Balaban J connectivity index is 1.36. The van der Waals surface area contributed by atoms with E-state index in [1.165, 1.54) is 56.3 Å². The van der Waals surface area contributed by atoms with Crippen LogP contribution in [0.2, 0.25) is 0 Å². The van der Waals surface area contributed by atoms with E-state index in [-0.39, 0.29) is 11.9 Å². The molecule has 0 bridgehead atoms. The lowest BCUT2D eigenvalue weighted by Gasteiger charge is -2.34. The summed E-state index contributed by atoms with van der Waals surface area (Å²) in [6.07, 6.45) is 14.3. The average molecular weight is 520 g/mol. The SMILES string of the molecule is CC(C)N(C)C(=O)c1cc(F)ccc1-n1cc(C2CCN(CCC3CCC(N)CC3)CC2)c2ccncc21. The molecule has 2 N–H and O–H groups in total. The number of benzene rings is 1. The van der Waals surface area contributed by atoms with E-state index >= 15 is 0 Å². The Morgan fingerprint density at radius 1 is 1.13 bits per heavy atom. The summed E-state index contributed by atoms with van der Waals surface area (Å²) in [6.45, 7) is 7.31. The summed E-state index contributed by atoms with van der Waals surface area (Å²) in [5, 5.41) is 1.16. The standard InChI is InChI=1S/C31H42FN5O/c1-21(2)35(3)31(38)27-18-24(32)6-9-29(27)37-20-28(26-10-14-34-19-30(26)37)23-12-16-36(17-13-23)15-11-22-4-7-25(33)8-5-22/h6,9-10,14,18-23,25H,4-5,7-8,11-13,15-17,33H2,1-3H3. The molecule has 1 aromatic carbocycles. The fourth-order valence-electron chi connectivity index (χ4n) is 6.25. The first-order valence-corrected chi connectivity index (χ1v) is 14.3. The van der Waals surface area contributed by atoms with Crippen LogP contribution in [0.4, 0.5) is 4.39 Å². The lowest BCUT2D eigenvalue weighted by molar-refractivity contribution is 0.0754. The molecule has 204 valence electrons. The molecule has 0 spiro atoms. The van der Waals surface area contributed by atoms with Gasteiger partial charge < -0.3 is 20.1 Å². The topological polar surface area (TPSA) is 67.4 Å². The number of halogens is 1. The van der Waals surface area contributed by atoms with Crippen molar-refractivity contribution in [2.75, 3.05) is 26.7 Å². The van der Waals surface area contributed by atoms with Gasteiger partial charge in [-0.25, -0.2) is 4.39 Å². The third kappa shape index (κ3) is 5.64. The maximum atomic E-state index is 14.3. The highest BCUT2D eigenvalue weighted by molar-refractivity contribution is 5.99. The Labute approximate surface area is 226 Å². The molecular weight excluding hydrogens is 477 g/mol. The van der Waals surface area contributed by atoms with Crippen molar-refractivity contribution in [3.8, 4) is 5.69 Å². The predicted molar refractivity (Wildman–Crippen MR) is 151 cm³/mol. The summed E-state index contributed by atoms with van der Waals surface area (Å²) in [5.74, 6) is 0.686. The third-order valence-corrected chi connectivity index (χ3v) is 8.95. The number of hydrogen-bond acceptors (Lipinski definition) is 4. The van der Waals surface area contributed by atoms with E-state index in [0.717, 1.165) is 42.8 Å². The Hall–Kier alpha value is -2.77. The number of fused-ring (bicyclic) bond motifs is 1. The Morgan fingerprint density at radius 3 is 2.58 bits per heavy atom. The summed E-state index contributed by atoms with van der Waals surface area (Å²) < 4.78 is 16.4. The molecule has 1 aliphatic heterocycles. The maximum Gasteiger partial charge on any atom is 0.256 e. The first-order valence-electron chi connectivity index (χ1n) is 14.3. The number of likely N-dealkylation sites (tertiary alicyclic amines) is 1. The quantitative estimate of drug-likeness (QED) is 0.433. The normalized spacial score (nSPS) is 21.3. The lowest BCUT2D eigenvalue weighted by atomic mass is 9.84. The van der Waals surface area contributed by atoms with Gasteiger partial charge >= 0.3 is 0 Å². The minimum Gasteiger partial charge on any atom is -0.339 e. The van der Waals surface area contributed by atoms with E-state index in [9.17, 15) is 9.18 Å². The number of pyridine rings is 1. The molecule has 3 aromatic rings. The van der Waals surface area contributed by atoms with E-state index in [4.69, 9.17) is 5.73 Å². The van der Waals surface area contributed by atoms with Gasteiger partial charge in [-0.3, -0.25) is 9.78 Å². The molecule has 2 fully saturated rings. The van der Waals surface area contributed by atoms with Gasteiger partial charge in [0.2, 0.25) is 0 Å². The summed E-state index contributed by atoms with van der Waals surface area (Å²) in [5.41, 5.74) is 9.39. The van der Waals surface area contributed by atoms with Gasteiger partial charge in [-0.15, -0.1) is 0 Å². The minimum atomic E-state index is -0.410. The molecule has 3 heterocycles. The van der Waals surface area contributed by atoms with Crippen LogP contribution in [0.5, 0.6) is 0 Å². The van der Waals surface area contributed by atoms with Gasteiger partial charge in [0, 0.05) is 36.9 Å². The van der Waals surface area contributed by atoms with E-state index in [2.05, 4.69) is 22.1 Å². The number of carbonyl (C=O) groups excluding carboxylic acids is 1. The number of nitrogens with zero attached hydrogens (tertiary/aromatic N) is 4. The Kier molecular flexibility index (Phi) is 8.15. The number of hydrogen-bond donors (Lipinski definition) is 1. The first-order chi connectivity index (χ1) is 18.3. The van der Waals surface area contributed by atoms with E-state index in [1.807, 2.05) is 30.8 Å². The van der Waals surface area contributed by atoms with Crippen LogP contribution in [0.1, 0.15) is 80.6 Å². The van der Waals surface area contributed by atoms with Crippen LogP contribution in [0.3, 0.4) is 0 Å². The van der Waals surface area contributed by atoms with Crippen molar-refractivity contribution in [2.24, 2.45) is 11.7 Å². The van der Waals surface area contributed by atoms with Gasteiger partial charge in [-0.2, -0.15) is 0 Å². The van der Waals surface area contributed by atoms with Crippen LogP contribution in [0.25, 0.3) is 16.6 Å². The van der Waals surface area contributed by atoms with Crippen LogP contribution >= 0.6 is 0 Å². The van der Waals surface area contributed by atoms with Crippen molar-refractivity contribution in [2.45, 2.75) is 76.8 Å². The monoisotopic (exact) mass is 519 g/mol. The zero-order valence-corrected chi connectivity index (χ0v) is 23.1. The van der Waals surface area contributed by atoms with Crippen molar-refractivity contribution in [3.63, 3.8) is 0 Å². The highest BCUT2D eigenvalue weighted by atomic mass is 19.1. The van der Waals surface area contributed by atoms with E-state index in [1.54, 1.807) is 18.0 Å². The molecular formula is C31H42FN5O. The summed E-state index contributed by atoms with van der Waals surface area (Å²) >= 11 is 0. The number of amides is 1. The van der Waals surface area contributed by atoms with Crippen LogP contribution in [0, 0.1) is 11.7 Å². The molecule has 2 aromatic heterocycles. The molecule has 1 saturated heterocycles. The molecule has 7 heteroatoms. The van der Waals surface area contributed by atoms with Crippen molar-refractivity contribution in [3.05, 3.63) is 59.8 Å². The number of rotatable bonds is 7.